The maximum absolute atomic E-state index is 5.53. The van der Waals surface area contributed by atoms with Gasteiger partial charge < -0.3 is 19.0 Å². The molecule has 14 heavy (non-hydrogen) atoms. The quantitative estimate of drug-likeness (QED) is 0.657. The minimum absolute atomic E-state index is 0.269. The second kappa shape index (κ2) is 6.52. The van der Waals surface area contributed by atoms with E-state index in [1.165, 1.54) is 0 Å². The molecular formula is C9H23NO3Si. The maximum atomic E-state index is 5.53. The number of nitrogens with two attached hydrogens (primary N) is 1. The van der Waals surface area contributed by atoms with Crippen LogP contribution in [0.2, 0.25) is 5.54 Å². The van der Waals surface area contributed by atoms with Gasteiger partial charge in [-0.25, -0.2) is 0 Å². The fourth-order valence-corrected chi connectivity index (χ4v) is 4.15. The number of rotatable bonds is 7. The Kier molecular flexibility index (Phi) is 6.55. The smallest absolute Gasteiger partial charge is 0.377 e. The zero-order valence-electron chi connectivity index (χ0n) is 9.87. The van der Waals surface area contributed by atoms with Crippen molar-refractivity contribution in [3.8, 4) is 0 Å². The predicted molar refractivity (Wildman–Crippen MR) is 59.0 cm³/mol. The molecule has 0 aliphatic rings. The Hall–Kier alpha value is 0.0569. The molecule has 0 aromatic carbocycles. The van der Waals surface area contributed by atoms with Crippen molar-refractivity contribution in [2.75, 3.05) is 27.9 Å². The average molecular weight is 221 g/mol. The molecule has 0 amide bonds. The van der Waals surface area contributed by atoms with Gasteiger partial charge in [0, 0.05) is 26.9 Å². The Labute approximate surface area is 88.1 Å². The highest BCUT2D eigenvalue weighted by Gasteiger charge is 2.46. The SMILES string of the molecule is CO[Si](OC)(OC)C(C)C(C)CCN. The van der Waals surface area contributed by atoms with Gasteiger partial charge in [-0.1, -0.05) is 13.8 Å². The van der Waals surface area contributed by atoms with Gasteiger partial charge in [-0.3, -0.25) is 0 Å². The summed E-state index contributed by atoms with van der Waals surface area (Å²) in [5, 5.41) is 0. The molecule has 0 aliphatic heterocycles. The van der Waals surface area contributed by atoms with Crippen molar-refractivity contribution in [3.05, 3.63) is 0 Å². The van der Waals surface area contributed by atoms with Crippen molar-refractivity contribution in [3.63, 3.8) is 0 Å². The van der Waals surface area contributed by atoms with E-state index in [9.17, 15) is 0 Å². The molecule has 0 heterocycles. The van der Waals surface area contributed by atoms with Gasteiger partial charge in [-0.2, -0.15) is 0 Å². The van der Waals surface area contributed by atoms with Crippen molar-refractivity contribution in [1.29, 1.82) is 0 Å². The van der Waals surface area contributed by atoms with E-state index in [0.717, 1.165) is 6.42 Å². The molecule has 86 valence electrons. The first-order valence-corrected chi connectivity index (χ1v) is 6.73. The summed E-state index contributed by atoms with van der Waals surface area (Å²) < 4.78 is 16.3. The minimum atomic E-state index is -2.48. The van der Waals surface area contributed by atoms with Gasteiger partial charge in [0.2, 0.25) is 0 Å². The summed E-state index contributed by atoms with van der Waals surface area (Å²) in [5.74, 6) is 0.450. The first-order valence-electron chi connectivity index (χ1n) is 4.93. The van der Waals surface area contributed by atoms with Crippen LogP contribution in [0.5, 0.6) is 0 Å². The average Bonchev–Trinajstić information content (AvgIpc) is 2.21. The standard InChI is InChI=1S/C9H23NO3Si/c1-8(6-7-10)9(2)14(11-3,12-4)13-5/h8-9H,6-7,10H2,1-5H3. The molecule has 2 unspecified atom stereocenters. The van der Waals surface area contributed by atoms with E-state index in [-0.39, 0.29) is 5.54 Å². The van der Waals surface area contributed by atoms with Gasteiger partial charge in [0.1, 0.15) is 0 Å². The van der Waals surface area contributed by atoms with Gasteiger partial charge in [0.15, 0.2) is 0 Å². The van der Waals surface area contributed by atoms with Crippen molar-refractivity contribution >= 4 is 8.80 Å². The molecule has 0 saturated carbocycles. The van der Waals surface area contributed by atoms with Gasteiger partial charge in [-0.15, -0.1) is 0 Å². The highest BCUT2D eigenvalue weighted by molar-refractivity contribution is 6.62. The fraction of sp³-hybridized carbons (Fsp3) is 1.00. The van der Waals surface area contributed by atoms with Crippen molar-refractivity contribution in [1.82, 2.24) is 0 Å². The van der Waals surface area contributed by atoms with Crippen molar-refractivity contribution in [2.45, 2.75) is 25.8 Å². The summed E-state index contributed by atoms with van der Waals surface area (Å²) in [6, 6.07) is 0. The van der Waals surface area contributed by atoms with Crippen LogP contribution < -0.4 is 5.73 Å². The van der Waals surface area contributed by atoms with Crippen LogP contribution in [0.3, 0.4) is 0 Å². The first kappa shape index (κ1) is 14.1. The Bertz CT molecular complexity index is 145. The zero-order valence-corrected chi connectivity index (χ0v) is 10.9. The van der Waals surface area contributed by atoms with Crippen LogP contribution in [0, 0.1) is 5.92 Å². The van der Waals surface area contributed by atoms with Crippen LogP contribution in [0.15, 0.2) is 0 Å². The summed E-state index contributed by atoms with van der Waals surface area (Å²) in [7, 11) is 2.45. The summed E-state index contributed by atoms with van der Waals surface area (Å²) in [6.07, 6.45) is 0.964. The Morgan fingerprint density at radius 1 is 1.07 bits per heavy atom. The van der Waals surface area contributed by atoms with Gasteiger partial charge in [-0.05, 0) is 18.9 Å². The van der Waals surface area contributed by atoms with E-state index >= 15 is 0 Å². The van der Waals surface area contributed by atoms with E-state index in [0.29, 0.717) is 12.5 Å². The molecule has 0 saturated heterocycles. The largest absolute Gasteiger partial charge is 0.503 e. The van der Waals surface area contributed by atoms with Crippen LogP contribution >= 0.6 is 0 Å². The van der Waals surface area contributed by atoms with E-state index in [4.69, 9.17) is 19.0 Å². The van der Waals surface area contributed by atoms with Crippen LogP contribution in [-0.2, 0) is 13.3 Å². The molecule has 0 bridgehead atoms. The Balaban J connectivity index is 4.48. The zero-order chi connectivity index (χ0) is 11.2. The molecule has 4 nitrogen and oxygen atoms in total. The molecule has 2 atom stereocenters. The molecule has 0 aromatic heterocycles. The number of hydrogen-bond acceptors (Lipinski definition) is 4. The third kappa shape index (κ3) is 3.03. The van der Waals surface area contributed by atoms with E-state index in [2.05, 4.69) is 13.8 Å². The molecule has 0 spiro atoms. The topological polar surface area (TPSA) is 53.7 Å². The molecule has 0 rings (SSSR count). The molecule has 0 aromatic rings. The lowest BCUT2D eigenvalue weighted by Gasteiger charge is -2.33. The van der Waals surface area contributed by atoms with Gasteiger partial charge in [0.25, 0.3) is 0 Å². The lowest BCUT2D eigenvalue weighted by Crippen LogP contribution is -2.48. The summed E-state index contributed by atoms with van der Waals surface area (Å²) in [4.78, 5) is 0. The monoisotopic (exact) mass is 221 g/mol. The van der Waals surface area contributed by atoms with Crippen LogP contribution in [0.4, 0.5) is 0 Å². The minimum Gasteiger partial charge on any atom is -0.377 e. The first-order chi connectivity index (χ1) is 6.57. The fourth-order valence-electron chi connectivity index (χ4n) is 1.67. The highest BCUT2D eigenvalue weighted by atomic mass is 28.4. The van der Waals surface area contributed by atoms with E-state index in [1.54, 1.807) is 21.3 Å². The lowest BCUT2D eigenvalue weighted by atomic mass is 10.1. The molecule has 0 radical (unpaired) electrons. The molecule has 0 fully saturated rings. The second-order valence-corrected chi connectivity index (χ2v) is 6.90. The molecular weight excluding hydrogens is 198 g/mol. The normalized spacial score (nSPS) is 16.7. The third-order valence-corrected chi connectivity index (χ3v) is 6.28. The van der Waals surface area contributed by atoms with Crippen LogP contribution in [-0.4, -0.2) is 36.7 Å². The highest BCUT2D eigenvalue weighted by Crippen LogP contribution is 2.32. The predicted octanol–water partition coefficient (Wildman–Crippen LogP) is 1.24. The molecule has 5 heteroatoms. The Morgan fingerprint density at radius 3 is 1.79 bits per heavy atom. The second-order valence-electron chi connectivity index (χ2n) is 3.56. The maximum Gasteiger partial charge on any atom is 0.503 e. The van der Waals surface area contributed by atoms with Crippen molar-refractivity contribution in [2.24, 2.45) is 11.7 Å². The van der Waals surface area contributed by atoms with Gasteiger partial charge in [0.05, 0.1) is 0 Å². The van der Waals surface area contributed by atoms with Crippen LogP contribution in [0.1, 0.15) is 20.3 Å². The Morgan fingerprint density at radius 2 is 1.50 bits per heavy atom. The van der Waals surface area contributed by atoms with E-state index < -0.39 is 8.80 Å². The number of hydrogen-bond donors (Lipinski definition) is 1. The molecule has 0 aliphatic carbocycles. The van der Waals surface area contributed by atoms with Crippen LogP contribution in [0.25, 0.3) is 0 Å². The summed E-state index contributed by atoms with van der Waals surface area (Å²) in [6.45, 7) is 4.94. The molecule has 2 N–H and O–H groups in total. The third-order valence-electron chi connectivity index (χ3n) is 2.89. The van der Waals surface area contributed by atoms with E-state index in [1.807, 2.05) is 0 Å². The summed E-state index contributed by atoms with van der Waals surface area (Å²) in [5.41, 5.74) is 5.80. The summed E-state index contributed by atoms with van der Waals surface area (Å²) >= 11 is 0. The lowest BCUT2D eigenvalue weighted by molar-refractivity contribution is 0.105. The van der Waals surface area contributed by atoms with Crippen molar-refractivity contribution < 1.29 is 13.3 Å². The van der Waals surface area contributed by atoms with Gasteiger partial charge >= 0.3 is 8.80 Å².